The van der Waals surface area contributed by atoms with Gasteiger partial charge in [0, 0.05) is 27.9 Å². The van der Waals surface area contributed by atoms with Gasteiger partial charge in [0.15, 0.2) is 8.07 Å². The van der Waals surface area contributed by atoms with E-state index in [1.54, 1.807) is 0 Å². The molecule has 0 unspecified atom stereocenters. The van der Waals surface area contributed by atoms with Crippen molar-refractivity contribution in [3.05, 3.63) is 222 Å². The smallest absolute Gasteiger partial charge is 0.179 e. The molecule has 0 amide bonds. The summed E-state index contributed by atoms with van der Waals surface area (Å²) in [6, 6.07) is 75.4. The first kappa shape index (κ1) is 34.3. The molecule has 10 rings (SSSR count). The fourth-order valence-electron chi connectivity index (χ4n) is 10.1. The Bertz CT molecular complexity index is 2540. The maximum Gasteiger partial charge on any atom is 0.179 e. The molecule has 1 nitrogen and oxygen atoms in total. The van der Waals surface area contributed by atoms with Crippen LogP contribution in [0.25, 0.3) is 22.3 Å². The van der Waals surface area contributed by atoms with E-state index in [1.807, 2.05) is 0 Å². The highest BCUT2D eigenvalue weighted by atomic mass is 28.3. The standard InChI is InChI=1S/C54H45NSi/c1-53(2)49-29-16-14-27-45(49)47-33-31-39(36-51(47)53)55(40-32-34-48-46-28-15-17-30-50(46)54(3,4)52(48)37-40)38-19-18-26-44(35-38)56(41-20-8-5-9-21-41,42-22-10-6-11-23-42)43-24-12-7-13-25-43/h5-37H,1-4H3. The maximum atomic E-state index is 2.52. The molecule has 270 valence electrons. The van der Waals surface area contributed by atoms with E-state index < -0.39 is 8.07 Å². The second-order valence-electron chi connectivity index (χ2n) is 16.5. The minimum absolute atomic E-state index is 0.118. The molecule has 0 radical (unpaired) electrons. The predicted octanol–water partition coefficient (Wildman–Crippen LogP) is 11.1. The Kier molecular flexibility index (Phi) is 7.92. The summed E-state index contributed by atoms with van der Waals surface area (Å²) >= 11 is 0. The Morgan fingerprint density at radius 3 is 1.11 bits per heavy atom. The van der Waals surface area contributed by atoms with Gasteiger partial charge in [-0.1, -0.05) is 191 Å². The number of hydrogen-bond acceptors (Lipinski definition) is 1. The fraction of sp³-hybridized carbons (Fsp3) is 0.111. The van der Waals surface area contributed by atoms with Crippen molar-refractivity contribution in [3.8, 4) is 22.3 Å². The largest absolute Gasteiger partial charge is 0.310 e. The lowest BCUT2D eigenvalue weighted by Crippen LogP contribution is -2.74. The summed E-state index contributed by atoms with van der Waals surface area (Å²) in [5, 5.41) is 5.46. The Morgan fingerprint density at radius 1 is 0.304 bits per heavy atom. The Morgan fingerprint density at radius 2 is 0.661 bits per heavy atom. The SMILES string of the molecule is CC1(C)c2ccccc2-c2ccc(N(c3cccc([Si](c4ccccc4)(c4ccccc4)c4ccccc4)c3)c3ccc4c(c3)C(C)(C)c3ccccc3-4)cc21. The van der Waals surface area contributed by atoms with Crippen molar-refractivity contribution in [2.45, 2.75) is 38.5 Å². The zero-order valence-electron chi connectivity index (χ0n) is 32.5. The predicted molar refractivity (Wildman–Crippen MR) is 240 cm³/mol. The van der Waals surface area contributed by atoms with Crippen molar-refractivity contribution in [1.82, 2.24) is 0 Å². The first-order chi connectivity index (χ1) is 27.3. The van der Waals surface area contributed by atoms with E-state index in [4.69, 9.17) is 0 Å². The zero-order valence-corrected chi connectivity index (χ0v) is 33.5. The Hall–Kier alpha value is -6.22. The van der Waals surface area contributed by atoms with E-state index in [1.165, 1.54) is 76.6 Å². The molecule has 8 aromatic rings. The number of rotatable bonds is 7. The molecule has 0 heterocycles. The van der Waals surface area contributed by atoms with E-state index in [0.717, 1.165) is 5.69 Å². The van der Waals surface area contributed by atoms with Gasteiger partial charge in [-0.2, -0.15) is 0 Å². The molecule has 0 saturated carbocycles. The number of hydrogen-bond donors (Lipinski definition) is 0. The van der Waals surface area contributed by atoms with Crippen molar-refractivity contribution in [2.75, 3.05) is 4.90 Å². The third-order valence-corrected chi connectivity index (χ3v) is 17.6. The van der Waals surface area contributed by atoms with Crippen molar-refractivity contribution in [3.63, 3.8) is 0 Å². The average molecular weight is 736 g/mol. The second kappa shape index (κ2) is 12.9. The molecule has 0 atom stereocenters. The van der Waals surface area contributed by atoms with Gasteiger partial charge in [0.1, 0.15) is 0 Å². The summed E-state index contributed by atoms with van der Waals surface area (Å²) in [6.07, 6.45) is 0. The Balaban J connectivity index is 1.23. The third kappa shape index (κ3) is 5.06. The first-order valence-corrected chi connectivity index (χ1v) is 21.9. The molecule has 0 bridgehead atoms. The van der Waals surface area contributed by atoms with Crippen molar-refractivity contribution in [2.24, 2.45) is 0 Å². The van der Waals surface area contributed by atoms with Crippen LogP contribution < -0.4 is 25.6 Å². The van der Waals surface area contributed by atoms with E-state index in [2.05, 4.69) is 233 Å². The van der Waals surface area contributed by atoms with E-state index >= 15 is 0 Å². The van der Waals surface area contributed by atoms with Crippen LogP contribution in [0.3, 0.4) is 0 Å². The van der Waals surface area contributed by atoms with Crippen molar-refractivity contribution >= 4 is 45.9 Å². The van der Waals surface area contributed by atoms with E-state index in [9.17, 15) is 0 Å². The number of benzene rings is 8. The van der Waals surface area contributed by atoms with Crippen LogP contribution in [-0.2, 0) is 10.8 Å². The van der Waals surface area contributed by atoms with E-state index in [-0.39, 0.29) is 10.8 Å². The molecule has 8 aromatic carbocycles. The molecule has 0 spiro atoms. The summed E-state index contributed by atoms with van der Waals surface area (Å²) in [5.41, 5.74) is 14.1. The fourth-order valence-corrected chi connectivity index (χ4v) is 14.8. The third-order valence-electron chi connectivity index (χ3n) is 12.8. The van der Waals surface area contributed by atoms with Gasteiger partial charge in [0.25, 0.3) is 0 Å². The summed E-state index contributed by atoms with van der Waals surface area (Å²) in [5.74, 6) is 0. The van der Waals surface area contributed by atoms with Gasteiger partial charge in [0.05, 0.1) is 0 Å². The first-order valence-electron chi connectivity index (χ1n) is 19.9. The van der Waals surface area contributed by atoms with Crippen LogP contribution >= 0.6 is 0 Å². The van der Waals surface area contributed by atoms with Crippen LogP contribution in [0.1, 0.15) is 49.9 Å². The van der Waals surface area contributed by atoms with Crippen molar-refractivity contribution < 1.29 is 0 Å². The molecule has 2 heteroatoms. The van der Waals surface area contributed by atoms with Crippen LogP contribution in [-0.4, -0.2) is 8.07 Å². The molecule has 0 aromatic heterocycles. The molecule has 0 N–H and O–H groups in total. The van der Waals surface area contributed by atoms with Gasteiger partial charge in [0.2, 0.25) is 0 Å². The second-order valence-corrected chi connectivity index (χ2v) is 20.3. The molecule has 56 heavy (non-hydrogen) atoms. The van der Waals surface area contributed by atoms with Gasteiger partial charge >= 0.3 is 0 Å². The summed E-state index contributed by atoms with van der Waals surface area (Å²) in [4.78, 5) is 2.52. The van der Waals surface area contributed by atoms with Gasteiger partial charge in [-0.3, -0.25) is 0 Å². The van der Waals surface area contributed by atoms with Crippen molar-refractivity contribution in [1.29, 1.82) is 0 Å². The van der Waals surface area contributed by atoms with Crippen LogP contribution in [0.15, 0.2) is 200 Å². The highest BCUT2D eigenvalue weighted by molar-refractivity contribution is 7.19. The number of nitrogens with zero attached hydrogens (tertiary/aromatic N) is 1. The quantitative estimate of drug-likeness (QED) is 0.116. The highest BCUT2D eigenvalue weighted by Gasteiger charge is 2.42. The molecule has 2 aliphatic carbocycles. The summed E-state index contributed by atoms with van der Waals surface area (Å²) in [6.45, 7) is 9.50. The lowest BCUT2D eigenvalue weighted by Gasteiger charge is -2.36. The molecular weight excluding hydrogens is 691 g/mol. The van der Waals surface area contributed by atoms with Gasteiger partial charge in [-0.05, 0) is 102 Å². The molecular formula is C54H45NSi. The molecule has 2 aliphatic rings. The Labute approximate surface area is 332 Å². The summed E-state index contributed by atoms with van der Waals surface area (Å²) in [7, 11) is -2.77. The molecule has 0 fully saturated rings. The zero-order chi connectivity index (χ0) is 38.1. The van der Waals surface area contributed by atoms with Crippen LogP contribution in [0.2, 0.25) is 0 Å². The van der Waals surface area contributed by atoms with Crippen LogP contribution in [0, 0.1) is 0 Å². The minimum Gasteiger partial charge on any atom is -0.310 e. The molecule has 0 saturated heterocycles. The van der Waals surface area contributed by atoms with Crippen LogP contribution in [0.5, 0.6) is 0 Å². The number of anilines is 3. The normalized spacial score (nSPS) is 14.4. The minimum atomic E-state index is -2.77. The maximum absolute atomic E-state index is 2.77. The average Bonchev–Trinajstić information content (AvgIpc) is 3.62. The lowest BCUT2D eigenvalue weighted by molar-refractivity contribution is 0.660. The van der Waals surface area contributed by atoms with Gasteiger partial charge < -0.3 is 4.90 Å². The van der Waals surface area contributed by atoms with E-state index in [0.29, 0.717) is 0 Å². The van der Waals surface area contributed by atoms with Gasteiger partial charge in [-0.15, -0.1) is 0 Å². The van der Waals surface area contributed by atoms with Gasteiger partial charge in [-0.25, -0.2) is 0 Å². The number of fused-ring (bicyclic) bond motifs is 6. The van der Waals surface area contributed by atoms with Crippen LogP contribution in [0.4, 0.5) is 17.1 Å². The highest BCUT2D eigenvalue weighted by Crippen LogP contribution is 2.53. The molecule has 0 aliphatic heterocycles. The summed E-state index contributed by atoms with van der Waals surface area (Å²) < 4.78 is 0. The monoisotopic (exact) mass is 735 g/mol. The lowest BCUT2D eigenvalue weighted by atomic mass is 9.82. The topological polar surface area (TPSA) is 3.24 Å².